The van der Waals surface area contributed by atoms with E-state index in [1.807, 2.05) is 12.1 Å². The molecule has 0 aromatic carbocycles. The Kier molecular flexibility index (Phi) is 7.29. The summed E-state index contributed by atoms with van der Waals surface area (Å²) in [6.45, 7) is 5.48. The van der Waals surface area contributed by atoms with Crippen LogP contribution in [0.5, 0.6) is 0 Å². The quantitative estimate of drug-likeness (QED) is 0.298. The van der Waals surface area contributed by atoms with E-state index < -0.39 is 17.7 Å². The average Bonchev–Trinajstić information content (AvgIpc) is 3.38. The summed E-state index contributed by atoms with van der Waals surface area (Å²) < 4.78 is 17.1. The highest BCUT2D eigenvalue weighted by Gasteiger charge is 2.32. The van der Waals surface area contributed by atoms with Crippen LogP contribution in [0.4, 0.5) is 21.8 Å². The number of aliphatic hydroxyl groups is 1. The summed E-state index contributed by atoms with van der Waals surface area (Å²) in [7, 11) is 0. The molecule has 0 radical (unpaired) electrons. The third kappa shape index (κ3) is 5.40. The van der Waals surface area contributed by atoms with E-state index in [-0.39, 0.29) is 12.1 Å². The Morgan fingerprint density at radius 3 is 2.65 bits per heavy atom. The van der Waals surface area contributed by atoms with Gasteiger partial charge in [-0.05, 0) is 44.2 Å². The van der Waals surface area contributed by atoms with Crippen molar-refractivity contribution >= 4 is 28.9 Å². The van der Waals surface area contributed by atoms with Crippen molar-refractivity contribution < 1.29 is 14.3 Å². The van der Waals surface area contributed by atoms with Crippen molar-refractivity contribution in [2.45, 2.75) is 25.6 Å². The molecule has 4 aromatic heterocycles. The first-order valence-electron chi connectivity index (χ1n) is 12.8. The molecule has 1 saturated heterocycles. The highest BCUT2D eigenvalue weighted by atomic mass is 19.1. The lowest BCUT2D eigenvalue weighted by Crippen LogP contribution is -2.44. The zero-order valence-electron chi connectivity index (χ0n) is 22.1. The van der Waals surface area contributed by atoms with E-state index >= 15 is 4.39 Å². The molecule has 1 fully saturated rings. The molecular formula is C27H29FN10O2. The molecule has 1 atom stereocenters. The molecule has 4 aromatic rings. The molecule has 13 heteroatoms. The highest BCUT2D eigenvalue weighted by Crippen LogP contribution is 2.36. The number of alkyl halides is 1. The molecule has 40 heavy (non-hydrogen) atoms. The Morgan fingerprint density at radius 2 is 2.00 bits per heavy atom. The van der Waals surface area contributed by atoms with Crippen LogP contribution < -0.4 is 20.9 Å². The van der Waals surface area contributed by atoms with E-state index in [1.165, 1.54) is 32.3 Å². The molecule has 5 heterocycles. The molecule has 1 amide bonds. The van der Waals surface area contributed by atoms with Gasteiger partial charge in [-0.25, -0.2) is 23.9 Å². The van der Waals surface area contributed by atoms with Crippen LogP contribution in [0.15, 0.2) is 48.9 Å². The fraction of sp³-hybridized carbons (Fsp3) is 0.333. The number of nitrogens with zero attached hydrogens (tertiary/aromatic N) is 8. The van der Waals surface area contributed by atoms with Crippen LogP contribution in [0.25, 0.3) is 16.9 Å². The minimum atomic E-state index is -1.69. The number of fused-ring (bicyclic) bond motifs is 1. The van der Waals surface area contributed by atoms with E-state index in [4.69, 9.17) is 10.7 Å². The normalized spacial score (nSPS) is 14.6. The Morgan fingerprint density at radius 1 is 1.23 bits per heavy atom. The van der Waals surface area contributed by atoms with Gasteiger partial charge in [0.05, 0.1) is 52.6 Å². The lowest BCUT2D eigenvalue weighted by molar-refractivity contribution is 0.00140. The van der Waals surface area contributed by atoms with Crippen molar-refractivity contribution in [1.82, 2.24) is 29.9 Å². The van der Waals surface area contributed by atoms with Crippen molar-refractivity contribution in [1.29, 1.82) is 5.26 Å². The Balaban J connectivity index is 1.70. The molecule has 1 aliphatic heterocycles. The number of nitriles is 1. The zero-order chi connectivity index (χ0) is 28.4. The van der Waals surface area contributed by atoms with E-state index in [1.54, 1.807) is 27.7 Å². The number of primary amides is 1. The molecule has 0 spiro atoms. The largest absolute Gasteiger partial charge is 0.387 e. The first-order valence-corrected chi connectivity index (χ1v) is 12.8. The molecule has 0 unspecified atom stereocenters. The number of halogens is 1. The average molecular weight is 545 g/mol. The van der Waals surface area contributed by atoms with Crippen LogP contribution in [0.1, 0.15) is 29.8 Å². The number of piperazine rings is 1. The van der Waals surface area contributed by atoms with Crippen molar-refractivity contribution in [3.63, 3.8) is 0 Å². The Labute approximate surface area is 229 Å². The molecule has 12 nitrogen and oxygen atoms in total. The van der Waals surface area contributed by atoms with Gasteiger partial charge in [-0.15, -0.1) is 0 Å². The van der Waals surface area contributed by atoms with E-state index in [0.29, 0.717) is 53.0 Å². The van der Waals surface area contributed by atoms with E-state index in [2.05, 4.69) is 31.4 Å². The SMILES string of the molecule is CC(C)(O)[C@H](F)CN(c1ccc(C(N)=O)cn1)c1cnc(N2CCNCC2)nc1-c1ccc2cc(C#N)cnn12. The third-order valence-electron chi connectivity index (χ3n) is 6.74. The number of carbonyl (C=O) groups is 1. The van der Waals surface area contributed by atoms with Crippen molar-refractivity contribution in [3.05, 3.63) is 60.0 Å². The summed E-state index contributed by atoms with van der Waals surface area (Å²) in [6.07, 6.45) is 2.69. The molecule has 0 saturated carbocycles. The van der Waals surface area contributed by atoms with Gasteiger partial charge in [-0.1, -0.05) is 0 Å². The monoisotopic (exact) mass is 544 g/mol. The van der Waals surface area contributed by atoms with Gasteiger partial charge in [0.25, 0.3) is 0 Å². The first-order chi connectivity index (χ1) is 19.2. The Hall–Kier alpha value is -4.67. The van der Waals surface area contributed by atoms with Gasteiger partial charge >= 0.3 is 0 Å². The Bertz CT molecular complexity index is 1570. The summed E-state index contributed by atoms with van der Waals surface area (Å²) in [4.78, 5) is 29.2. The molecular weight excluding hydrogens is 515 g/mol. The van der Waals surface area contributed by atoms with Gasteiger partial charge in [-0.3, -0.25) is 4.79 Å². The number of nitrogens with one attached hydrogen (secondary N) is 1. The molecule has 5 rings (SSSR count). The number of hydrogen-bond donors (Lipinski definition) is 3. The van der Waals surface area contributed by atoms with Crippen LogP contribution in [-0.2, 0) is 0 Å². The first kappa shape index (κ1) is 26.9. The number of pyridine rings is 1. The van der Waals surface area contributed by atoms with E-state index in [9.17, 15) is 15.2 Å². The standard InChI is InChI=1S/C27H29FN10O2/c1-27(2,40)22(28)16-37(23-6-3-18(14-32-23)25(30)39)21-15-33-26(36-9-7-31-8-10-36)35-24(21)20-5-4-19-11-17(12-29)13-34-38(19)20/h3-6,11,13-15,22,31,40H,7-10,16H2,1-2H3,(H2,30,39)/t22-/m1/s1. The number of aromatic nitrogens is 5. The second-order valence-corrected chi connectivity index (χ2v) is 10.1. The van der Waals surface area contributed by atoms with Crippen LogP contribution in [0.3, 0.4) is 0 Å². The zero-order valence-corrected chi connectivity index (χ0v) is 22.1. The topological polar surface area (TPSA) is 162 Å². The fourth-order valence-corrected chi connectivity index (χ4v) is 4.40. The molecule has 206 valence electrons. The van der Waals surface area contributed by atoms with Gasteiger partial charge in [0.15, 0.2) is 0 Å². The second kappa shape index (κ2) is 10.8. The maximum Gasteiger partial charge on any atom is 0.250 e. The number of rotatable bonds is 8. The van der Waals surface area contributed by atoms with Crippen molar-refractivity contribution in [3.8, 4) is 17.5 Å². The maximum absolute atomic E-state index is 15.4. The summed E-state index contributed by atoms with van der Waals surface area (Å²) in [5.74, 6) is 0.162. The highest BCUT2D eigenvalue weighted by molar-refractivity contribution is 5.92. The number of carbonyl (C=O) groups excluding carboxylic acids is 1. The van der Waals surface area contributed by atoms with Gasteiger partial charge in [0.2, 0.25) is 11.9 Å². The summed E-state index contributed by atoms with van der Waals surface area (Å²) in [5, 5.41) is 27.5. The third-order valence-corrected chi connectivity index (χ3v) is 6.74. The molecule has 0 aliphatic carbocycles. The number of hydrogen-bond acceptors (Lipinski definition) is 10. The minimum Gasteiger partial charge on any atom is -0.387 e. The molecule has 1 aliphatic rings. The lowest BCUT2D eigenvalue weighted by atomic mass is 10.0. The number of nitrogens with two attached hydrogens (primary N) is 1. The number of amides is 1. The second-order valence-electron chi connectivity index (χ2n) is 10.1. The summed E-state index contributed by atoms with van der Waals surface area (Å²) >= 11 is 0. The van der Waals surface area contributed by atoms with Gasteiger partial charge < -0.3 is 26.0 Å². The smallest absolute Gasteiger partial charge is 0.250 e. The van der Waals surface area contributed by atoms with Crippen molar-refractivity contribution in [2.24, 2.45) is 5.73 Å². The predicted molar refractivity (Wildman–Crippen MR) is 147 cm³/mol. The van der Waals surface area contributed by atoms with Gasteiger partial charge in [-0.2, -0.15) is 10.4 Å². The van der Waals surface area contributed by atoms with E-state index in [0.717, 1.165) is 13.1 Å². The summed E-state index contributed by atoms with van der Waals surface area (Å²) in [6, 6.07) is 10.5. The van der Waals surface area contributed by atoms with Crippen LogP contribution >= 0.6 is 0 Å². The predicted octanol–water partition coefficient (Wildman–Crippen LogP) is 1.81. The fourth-order valence-electron chi connectivity index (χ4n) is 4.40. The van der Waals surface area contributed by atoms with Crippen LogP contribution in [-0.4, -0.2) is 80.1 Å². The lowest BCUT2D eigenvalue weighted by Gasteiger charge is -2.32. The van der Waals surface area contributed by atoms with Gasteiger partial charge in [0.1, 0.15) is 23.8 Å². The van der Waals surface area contributed by atoms with Crippen LogP contribution in [0, 0.1) is 11.3 Å². The number of anilines is 3. The van der Waals surface area contributed by atoms with Gasteiger partial charge in [0, 0.05) is 32.4 Å². The molecule has 0 bridgehead atoms. The molecule has 4 N–H and O–H groups in total. The summed E-state index contributed by atoms with van der Waals surface area (Å²) in [5.41, 5.74) is 6.48. The van der Waals surface area contributed by atoms with Crippen LogP contribution in [0.2, 0.25) is 0 Å². The van der Waals surface area contributed by atoms with Crippen molar-refractivity contribution in [2.75, 3.05) is 42.5 Å². The maximum atomic E-state index is 15.4. The minimum absolute atomic E-state index is 0.198.